The Morgan fingerprint density at radius 1 is 1.43 bits per heavy atom. The number of carboxylic acid groups (broad SMARTS) is 1. The van der Waals surface area contributed by atoms with Gasteiger partial charge in [-0.3, -0.25) is 10.1 Å². The van der Waals surface area contributed by atoms with Gasteiger partial charge in [0, 0.05) is 11.4 Å². The van der Waals surface area contributed by atoms with Crippen LogP contribution in [-0.4, -0.2) is 24.2 Å². The van der Waals surface area contributed by atoms with Crippen molar-refractivity contribution in [1.82, 2.24) is 5.32 Å². The number of halogens is 1. The number of hydrogen-bond donors (Lipinski definition) is 2. The highest BCUT2D eigenvalue weighted by molar-refractivity contribution is 9.10. The van der Waals surface area contributed by atoms with Crippen LogP contribution in [0.5, 0.6) is 5.06 Å². The first-order valence-electron chi connectivity index (χ1n) is 6.42. The first kappa shape index (κ1) is 16.0. The zero-order valence-electron chi connectivity index (χ0n) is 11.5. The molecule has 0 radical (unpaired) electrons. The minimum Gasteiger partial charge on any atom is -0.486 e. The fourth-order valence-electron chi connectivity index (χ4n) is 1.94. The van der Waals surface area contributed by atoms with Crippen molar-refractivity contribution in [2.24, 2.45) is 0 Å². The van der Waals surface area contributed by atoms with Crippen molar-refractivity contribution in [3.05, 3.63) is 51.3 Å². The number of carbonyl (C=O) groups is 1. The van der Waals surface area contributed by atoms with Crippen LogP contribution in [-0.2, 0) is 17.8 Å². The number of rotatable bonds is 7. The molecule has 1 aromatic heterocycles. The highest BCUT2D eigenvalue weighted by Gasteiger charge is 2.18. The van der Waals surface area contributed by atoms with Crippen LogP contribution in [0.25, 0.3) is 0 Å². The van der Waals surface area contributed by atoms with Crippen LogP contribution in [0.3, 0.4) is 0 Å². The van der Waals surface area contributed by atoms with Crippen LogP contribution < -0.4 is 10.1 Å². The van der Waals surface area contributed by atoms with Crippen molar-refractivity contribution in [3.63, 3.8) is 0 Å². The monoisotopic (exact) mass is 369 g/mol. The normalized spacial score (nSPS) is 12.1. The minimum absolute atomic E-state index is 0.458. The second-order valence-corrected chi connectivity index (χ2v) is 6.47. The Morgan fingerprint density at radius 2 is 2.14 bits per heavy atom. The van der Waals surface area contributed by atoms with Crippen molar-refractivity contribution < 1.29 is 14.6 Å². The summed E-state index contributed by atoms with van der Waals surface area (Å²) in [4.78, 5) is 12.4. The van der Waals surface area contributed by atoms with Crippen molar-refractivity contribution >= 4 is 33.2 Å². The van der Waals surface area contributed by atoms with Gasteiger partial charge in [-0.25, -0.2) is 0 Å². The summed E-state index contributed by atoms with van der Waals surface area (Å²) >= 11 is 4.90. The van der Waals surface area contributed by atoms with E-state index in [4.69, 9.17) is 4.74 Å². The van der Waals surface area contributed by atoms with E-state index >= 15 is 0 Å². The van der Waals surface area contributed by atoms with Gasteiger partial charge in [0.15, 0.2) is 5.06 Å². The predicted molar refractivity (Wildman–Crippen MR) is 87.0 cm³/mol. The summed E-state index contributed by atoms with van der Waals surface area (Å²) in [5, 5.41) is 13.2. The summed E-state index contributed by atoms with van der Waals surface area (Å²) in [7, 11) is 1.61. The van der Waals surface area contributed by atoms with Gasteiger partial charge < -0.3 is 9.84 Å². The average molecular weight is 370 g/mol. The Hall–Kier alpha value is -1.37. The van der Waals surface area contributed by atoms with E-state index in [-0.39, 0.29) is 0 Å². The van der Waals surface area contributed by atoms with Crippen LogP contribution in [0, 0.1) is 0 Å². The average Bonchev–Trinajstić information content (AvgIpc) is 2.84. The molecular weight excluding hydrogens is 354 g/mol. The number of hydrogen-bond acceptors (Lipinski definition) is 4. The van der Waals surface area contributed by atoms with Gasteiger partial charge in [0.2, 0.25) is 0 Å². The molecule has 2 N–H and O–H groups in total. The van der Waals surface area contributed by atoms with Crippen molar-refractivity contribution in [3.8, 4) is 5.06 Å². The molecule has 0 spiro atoms. The van der Waals surface area contributed by atoms with Gasteiger partial charge in [0.25, 0.3) is 0 Å². The largest absolute Gasteiger partial charge is 0.486 e. The Bertz CT molecular complexity index is 600. The van der Waals surface area contributed by atoms with Crippen LogP contribution in [0.1, 0.15) is 10.4 Å². The molecule has 0 bridgehead atoms. The summed E-state index contributed by atoms with van der Waals surface area (Å²) in [5.74, 6) is -0.846. The first-order chi connectivity index (χ1) is 10.1. The molecule has 0 aliphatic carbocycles. The molecule has 1 atom stereocenters. The van der Waals surface area contributed by atoms with Crippen LogP contribution in [0.4, 0.5) is 0 Å². The Balaban J connectivity index is 1.98. The van der Waals surface area contributed by atoms with Crippen molar-refractivity contribution in [2.75, 3.05) is 7.11 Å². The van der Waals surface area contributed by atoms with Gasteiger partial charge in [0.05, 0.1) is 11.6 Å². The number of aliphatic carboxylic acids is 1. The van der Waals surface area contributed by atoms with Crippen molar-refractivity contribution in [2.45, 2.75) is 19.0 Å². The van der Waals surface area contributed by atoms with E-state index in [1.807, 2.05) is 36.4 Å². The molecule has 1 heterocycles. The van der Waals surface area contributed by atoms with E-state index in [1.54, 1.807) is 7.11 Å². The standard InChI is InChI=1S/C15H16BrNO3S/c1-20-15-12(16)8-11(21-15)9-17-13(14(18)19)7-10-5-3-2-4-6-10/h2-6,8,13,17H,7,9H2,1H3,(H,18,19)/t13-/m0/s1. The molecular formula is C15H16BrNO3S. The maximum Gasteiger partial charge on any atom is 0.321 e. The SMILES string of the molecule is COc1sc(CN[C@@H](Cc2ccccc2)C(=O)O)cc1Br. The second-order valence-electron chi connectivity index (χ2n) is 4.51. The van der Waals surface area contributed by atoms with E-state index in [2.05, 4.69) is 21.2 Å². The topological polar surface area (TPSA) is 58.6 Å². The summed E-state index contributed by atoms with van der Waals surface area (Å²) in [6.07, 6.45) is 0.458. The van der Waals surface area contributed by atoms with Gasteiger partial charge in [-0.2, -0.15) is 0 Å². The molecule has 0 amide bonds. The number of ether oxygens (including phenoxy) is 1. The Labute approximate surface area is 135 Å². The fourth-order valence-corrected chi connectivity index (χ4v) is 3.59. The smallest absolute Gasteiger partial charge is 0.321 e. The summed E-state index contributed by atoms with van der Waals surface area (Å²) < 4.78 is 6.09. The molecule has 0 unspecified atom stereocenters. The number of carboxylic acids is 1. The van der Waals surface area contributed by atoms with Crippen molar-refractivity contribution in [1.29, 1.82) is 0 Å². The number of methoxy groups -OCH3 is 1. The third-order valence-corrected chi connectivity index (χ3v) is 4.94. The second kappa shape index (κ2) is 7.59. The summed E-state index contributed by atoms with van der Waals surface area (Å²) in [5.41, 5.74) is 1.00. The molecule has 0 fully saturated rings. The number of nitrogens with one attached hydrogen (secondary N) is 1. The van der Waals surface area contributed by atoms with Crippen LogP contribution in [0.15, 0.2) is 40.9 Å². The van der Waals surface area contributed by atoms with E-state index in [9.17, 15) is 9.90 Å². The van der Waals surface area contributed by atoms with Gasteiger partial charge >= 0.3 is 5.97 Å². The molecule has 0 aliphatic heterocycles. The maximum atomic E-state index is 11.4. The van der Waals surface area contributed by atoms with E-state index in [1.165, 1.54) is 11.3 Å². The Kier molecular flexibility index (Phi) is 5.78. The lowest BCUT2D eigenvalue weighted by molar-refractivity contribution is -0.139. The molecule has 2 aromatic rings. The molecule has 4 nitrogen and oxygen atoms in total. The van der Waals surface area contributed by atoms with Gasteiger partial charge in [-0.1, -0.05) is 30.3 Å². The van der Waals surface area contributed by atoms with E-state index < -0.39 is 12.0 Å². The molecule has 2 rings (SSSR count). The maximum absolute atomic E-state index is 11.4. The molecule has 0 saturated carbocycles. The highest BCUT2D eigenvalue weighted by atomic mass is 79.9. The van der Waals surface area contributed by atoms with Crippen LogP contribution in [0.2, 0.25) is 0 Å². The summed E-state index contributed by atoms with van der Waals surface area (Å²) in [6, 6.07) is 10.9. The molecule has 0 aliphatic rings. The first-order valence-corrected chi connectivity index (χ1v) is 8.03. The van der Waals surface area contributed by atoms with Gasteiger partial charge in [-0.15, -0.1) is 11.3 Å². The van der Waals surface area contributed by atoms with E-state index in [0.29, 0.717) is 13.0 Å². The third kappa shape index (κ3) is 4.56. The quantitative estimate of drug-likeness (QED) is 0.785. The highest BCUT2D eigenvalue weighted by Crippen LogP contribution is 2.34. The fraction of sp³-hybridized carbons (Fsp3) is 0.267. The lowest BCUT2D eigenvalue weighted by Gasteiger charge is -2.13. The predicted octanol–water partition coefficient (Wildman–Crippen LogP) is 3.30. The lowest BCUT2D eigenvalue weighted by atomic mass is 10.1. The molecule has 1 aromatic carbocycles. The third-order valence-electron chi connectivity index (χ3n) is 3.00. The summed E-state index contributed by atoms with van der Waals surface area (Å²) in [6.45, 7) is 0.496. The molecule has 0 saturated heterocycles. The van der Waals surface area contributed by atoms with Crippen LogP contribution >= 0.6 is 27.3 Å². The number of thiophene rings is 1. The zero-order valence-corrected chi connectivity index (χ0v) is 13.9. The zero-order chi connectivity index (χ0) is 15.2. The molecule has 112 valence electrons. The van der Waals surface area contributed by atoms with E-state index in [0.717, 1.165) is 20.0 Å². The van der Waals surface area contributed by atoms with Gasteiger partial charge in [0.1, 0.15) is 6.04 Å². The molecule has 21 heavy (non-hydrogen) atoms. The number of benzene rings is 1. The van der Waals surface area contributed by atoms with Gasteiger partial charge in [-0.05, 0) is 34.0 Å². The molecule has 6 heteroatoms. The lowest BCUT2D eigenvalue weighted by Crippen LogP contribution is -2.37. The minimum atomic E-state index is -0.846. The Morgan fingerprint density at radius 3 is 2.71 bits per heavy atom.